The Morgan fingerprint density at radius 2 is 1.60 bits per heavy atom. The van der Waals surface area contributed by atoms with Gasteiger partial charge in [0.2, 0.25) is 0 Å². The Balaban J connectivity index is 4.28. The fraction of sp³-hybridized carbons (Fsp3) is 0.800. The summed E-state index contributed by atoms with van der Waals surface area (Å²) in [5.74, 6) is -0.634. The quantitative estimate of drug-likeness (QED) is 0.553. The van der Waals surface area contributed by atoms with Crippen molar-refractivity contribution >= 4 is 23.0 Å². The largest absolute Gasteiger partial charge is 0.425 e. The summed E-state index contributed by atoms with van der Waals surface area (Å²) in [7, 11) is 0. The molecule has 0 aliphatic rings. The average molecular weight is 234 g/mol. The Morgan fingerprint density at radius 3 is 1.93 bits per heavy atom. The van der Waals surface area contributed by atoms with E-state index in [-0.39, 0.29) is 17.8 Å². The summed E-state index contributed by atoms with van der Waals surface area (Å²) >= 11 is 0.954. The number of esters is 1. The van der Waals surface area contributed by atoms with Gasteiger partial charge in [0.05, 0.1) is 5.92 Å². The van der Waals surface area contributed by atoms with Crippen LogP contribution in [0.25, 0.3) is 0 Å². The van der Waals surface area contributed by atoms with Crippen molar-refractivity contribution in [2.75, 3.05) is 6.26 Å². The molecule has 0 unspecified atom stereocenters. The first-order valence-corrected chi connectivity index (χ1v) is 6.06. The van der Waals surface area contributed by atoms with Crippen LogP contribution in [0.1, 0.15) is 27.7 Å². The zero-order valence-corrected chi connectivity index (χ0v) is 10.6. The van der Waals surface area contributed by atoms with E-state index in [1.807, 2.05) is 13.8 Å². The van der Waals surface area contributed by atoms with Crippen molar-refractivity contribution in [3.05, 3.63) is 0 Å². The lowest BCUT2D eigenvalue weighted by molar-refractivity contribution is -0.177. The van der Waals surface area contributed by atoms with E-state index in [9.17, 15) is 9.59 Å². The minimum absolute atomic E-state index is 0.0520. The van der Waals surface area contributed by atoms with E-state index < -0.39 is 11.6 Å². The second-order valence-corrected chi connectivity index (χ2v) is 4.52. The van der Waals surface area contributed by atoms with Crippen LogP contribution in [0.15, 0.2) is 0 Å². The molecular weight excluding hydrogens is 216 g/mol. The predicted octanol–water partition coefficient (Wildman–Crippen LogP) is 2.67. The monoisotopic (exact) mass is 234 g/mol. The van der Waals surface area contributed by atoms with Crippen LogP contribution in [0.3, 0.4) is 0 Å². The summed E-state index contributed by atoms with van der Waals surface area (Å²) in [5.41, 5.74) is 0. The van der Waals surface area contributed by atoms with E-state index in [1.54, 1.807) is 20.1 Å². The standard InChI is InChI=1S/C10H18O4S/c1-6(2)8(11)13-9(7(3)4)14-10(12)15-5/h6-7,9H,1-5H3/t9-/m0/s1. The maximum absolute atomic E-state index is 11.3. The second kappa shape index (κ2) is 6.71. The lowest BCUT2D eigenvalue weighted by Gasteiger charge is -2.21. The van der Waals surface area contributed by atoms with Crippen LogP contribution in [0, 0.1) is 11.8 Å². The van der Waals surface area contributed by atoms with Crippen LogP contribution in [0.4, 0.5) is 4.79 Å². The van der Waals surface area contributed by atoms with Crippen molar-refractivity contribution in [3.63, 3.8) is 0 Å². The Hall–Kier alpha value is -0.710. The fourth-order valence-corrected chi connectivity index (χ4v) is 0.881. The maximum atomic E-state index is 11.3. The van der Waals surface area contributed by atoms with Crippen molar-refractivity contribution in [1.82, 2.24) is 0 Å². The molecule has 0 saturated heterocycles. The van der Waals surface area contributed by atoms with Crippen LogP contribution >= 0.6 is 11.8 Å². The van der Waals surface area contributed by atoms with E-state index >= 15 is 0 Å². The van der Waals surface area contributed by atoms with E-state index in [2.05, 4.69) is 0 Å². The second-order valence-electron chi connectivity index (χ2n) is 3.78. The Labute approximate surface area is 94.7 Å². The number of carbonyl (C=O) groups excluding carboxylic acids is 2. The van der Waals surface area contributed by atoms with Gasteiger partial charge in [-0.25, -0.2) is 4.79 Å². The van der Waals surface area contributed by atoms with Crippen LogP contribution in [-0.4, -0.2) is 23.8 Å². The number of hydrogen-bond donors (Lipinski definition) is 0. The van der Waals surface area contributed by atoms with Gasteiger partial charge in [-0.2, -0.15) is 0 Å². The van der Waals surface area contributed by atoms with Gasteiger partial charge in [0.15, 0.2) is 0 Å². The number of rotatable bonds is 4. The van der Waals surface area contributed by atoms with Gasteiger partial charge >= 0.3 is 11.3 Å². The molecule has 88 valence electrons. The molecular formula is C10H18O4S. The molecule has 0 saturated carbocycles. The highest BCUT2D eigenvalue weighted by Crippen LogP contribution is 2.14. The van der Waals surface area contributed by atoms with Crippen LogP contribution in [0.2, 0.25) is 0 Å². The lowest BCUT2D eigenvalue weighted by atomic mass is 10.2. The molecule has 4 nitrogen and oxygen atoms in total. The van der Waals surface area contributed by atoms with Crippen molar-refractivity contribution in [3.8, 4) is 0 Å². The highest BCUT2D eigenvalue weighted by Gasteiger charge is 2.23. The molecule has 15 heavy (non-hydrogen) atoms. The number of carbonyl (C=O) groups is 2. The summed E-state index contributed by atoms with van der Waals surface area (Å²) in [5, 5.41) is -0.440. The van der Waals surface area contributed by atoms with Crippen molar-refractivity contribution in [1.29, 1.82) is 0 Å². The summed E-state index contributed by atoms with van der Waals surface area (Å²) in [4.78, 5) is 22.3. The SMILES string of the molecule is CSC(=O)O[C@H](OC(=O)C(C)C)C(C)C. The number of hydrogen-bond acceptors (Lipinski definition) is 5. The maximum Gasteiger partial charge on any atom is 0.370 e. The first-order chi connectivity index (χ1) is 6.88. The molecule has 0 fully saturated rings. The van der Waals surface area contributed by atoms with Crippen molar-refractivity contribution < 1.29 is 19.1 Å². The van der Waals surface area contributed by atoms with E-state index in [0.29, 0.717) is 0 Å². The molecule has 0 bridgehead atoms. The Kier molecular flexibility index (Phi) is 6.40. The third-order valence-electron chi connectivity index (χ3n) is 1.63. The van der Waals surface area contributed by atoms with Crippen molar-refractivity contribution in [2.45, 2.75) is 34.0 Å². The van der Waals surface area contributed by atoms with E-state index in [4.69, 9.17) is 9.47 Å². The third-order valence-corrected chi connectivity index (χ3v) is 2.06. The summed E-state index contributed by atoms with van der Waals surface area (Å²) < 4.78 is 10.0. The topological polar surface area (TPSA) is 52.6 Å². The zero-order valence-electron chi connectivity index (χ0n) is 9.77. The number of ether oxygens (including phenoxy) is 2. The summed E-state index contributed by atoms with van der Waals surface area (Å²) in [6.45, 7) is 7.12. The van der Waals surface area contributed by atoms with Crippen molar-refractivity contribution in [2.24, 2.45) is 11.8 Å². The van der Waals surface area contributed by atoms with Gasteiger partial charge in [0, 0.05) is 5.92 Å². The van der Waals surface area contributed by atoms with Gasteiger partial charge in [0.1, 0.15) is 0 Å². The minimum Gasteiger partial charge on any atom is -0.425 e. The fourth-order valence-electron chi connectivity index (χ4n) is 0.690. The van der Waals surface area contributed by atoms with Crippen LogP contribution < -0.4 is 0 Å². The van der Waals surface area contributed by atoms with Gasteiger partial charge in [-0.15, -0.1) is 0 Å². The molecule has 0 aromatic rings. The molecule has 0 amide bonds. The molecule has 0 radical (unpaired) electrons. The normalized spacial score (nSPS) is 12.7. The van der Waals surface area contributed by atoms with Gasteiger partial charge < -0.3 is 9.47 Å². The number of thioether (sulfide) groups is 1. The predicted molar refractivity (Wildman–Crippen MR) is 59.6 cm³/mol. The molecule has 0 heterocycles. The summed E-state index contributed by atoms with van der Waals surface area (Å²) in [6, 6.07) is 0. The van der Waals surface area contributed by atoms with Crippen LogP contribution in [-0.2, 0) is 14.3 Å². The third kappa shape index (κ3) is 5.67. The van der Waals surface area contributed by atoms with Gasteiger partial charge in [0.25, 0.3) is 6.29 Å². The smallest absolute Gasteiger partial charge is 0.370 e. The Bertz CT molecular complexity index is 225. The molecule has 0 rings (SSSR count). The highest BCUT2D eigenvalue weighted by atomic mass is 32.2. The molecule has 0 aliphatic carbocycles. The molecule has 0 N–H and O–H groups in total. The van der Waals surface area contributed by atoms with E-state index in [1.165, 1.54) is 0 Å². The van der Waals surface area contributed by atoms with Gasteiger partial charge in [-0.1, -0.05) is 27.7 Å². The molecule has 0 aliphatic heterocycles. The molecule has 0 aromatic heterocycles. The Morgan fingerprint density at radius 1 is 1.07 bits per heavy atom. The molecule has 5 heteroatoms. The van der Waals surface area contributed by atoms with Gasteiger partial charge in [-0.3, -0.25) is 4.79 Å². The minimum atomic E-state index is -0.792. The highest BCUT2D eigenvalue weighted by molar-refractivity contribution is 8.12. The zero-order chi connectivity index (χ0) is 12.0. The van der Waals surface area contributed by atoms with E-state index in [0.717, 1.165) is 11.8 Å². The van der Waals surface area contributed by atoms with Crippen LogP contribution in [0.5, 0.6) is 0 Å². The average Bonchev–Trinajstić information content (AvgIpc) is 2.15. The first kappa shape index (κ1) is 14.3. The lowest BCUT2D eigenvalue weighted by Crippen LogP contribution is -2.29. The van der Waals surface area contributed by atoms with Gasteiger partial charge in [-0.05, 0) is 18.0 Å². The molecule has 0 spiro atoms. The molecule has 0 aromatic carbocycles. The molecule has 1 atom stereocenters. The summed E-state index contributed by atoms with van der Waals surface area (Å²) in [6.07, 6.45) is 0.823. The first-order valence-electron chi connectivity index (χ1n) is 4.83.